The molecule has 2 saturated heterocycles. The van der Waals surface area contributed by atoms with E-state index in [1.165, 1.54) is 9.36 Å². The molecule has 21 heteroatoms. The molecule has 4 rings (SSSR count). The molecule has 400 valence electrons. The van der Waals surface area contributed by atoms with Gasteiger partial charge in [0.1, 0.15) is 60.2 Å². The van der Waals surface area contributed by atoms with Crippen LogP contribution in [0.15, 0.2) is 12.4 Å². The van der Waals surface area contributed by atoms with Crippen LogP contribution in [0.2, 0.25) is 0 Å². The minimum Gasteiger partial charge on any atom is -0.388 e. The van der Waals surface area contributed by atoms with Gasteiger partial charge in [-0.3, -0.25) is 0 Å². The van der Waals surface area contributed by atoms with Gasteiger partial charge in [0, 0.05) is 37.3 Å². The summed E-state index contributed by atoms with van der Waals surface area (Å²) in [5.74, 6) is 0. The summed E-state index contributed by atoms with van der Waals surface area (Å²) < 4.78 is 56.7. The van der Waals surface area contributed by atoms with Crippen molar-refractivity contribution >= 4 is 0 Å². The average molecular weight is 989 g/mol. The van der Waals surface area contributed by atoms with Gasteiger partial charge in [-0.2, -0.15) is 0 Å². The number of unbranched alkanes of at least 4 members (excludes halogenated alkanes) is 8. The Labute approximate surface area is 409 Å². The standard InChI is InChI=1S/C48H88N6O15/c1-7-11-15-19-61-29-47(5,30-62-20-16-12-8-2)33-65-27-35-23-53(51-49-35)25-37-39(55)41(57)43(59)45(67-37)69-46-44(60)42(58)40(56)38(68-46)26-54-24-36(50-52-54)28-66-34-48(6,31-63-21-17-13-9-3)32-64-22-18-14-10-4/h23-24,37-46,55-60H,7-22,25-34H2,1-6H3/t37?,38?,39-,40-,41+,42?,43?,44?,45-,46-/m1/s1. The lowest BCUT2D eigenvalue weighted by Gasteiger charge is -2.45. The van der Waals surface area contributed by atoms with Crippen LogP contribution in [-0.2, 0) is 68.9 Å². The lowest BCUT2D eigenvalue weighted by molar-refractivity contribution is -0.375. The number of aliphatic hydroxyl groups is 6. The number of ether oxygens (including phenoxy) is 9. The van der Waals surface area contributed by atoms with Gasteiger partial charge in [-0.15, -0.1) is 10.2 Å². The molecule has 6 N–H and O–H groups in total. The molecular weight excluding hydrogens is 901 g/mol. The molecule has 0 radical (unpaired) electrons. The molecule has 0 saturated carbocycles. The molecule has 2 aliphatic heterocycles. The summed E-state index contributed by atoms with van der Waals surface area (Å²) in [5, 5.41) is 82.2. The lowest BCUT2D eigenvalue weighted by atomic mass is 9.94. The minimum absolute atomic E-state index is 0.109. The SMILES string of the molecule is CCCCCOCC(C)(COCCCCC)COCc1cn(CC2O[C@H](O[C@H]3OC(Cn4cc(COCC(C)(COCCCCC)COCCCCC)nn4)[C@@H](O)[C@H](O)C3O)C(O)C(O)[C@@H]2O)nn1. The van der Waals surface area contributed by atoms with Crippen LogP contribution >= 0.6 is 0 Å². The molecule has 5 unspecified atom stereocenters. The third-order valence-corrected chi connectivity index (χ3v) is 12.3. The molecule has 0 aromatic carbocycles. The Bertz CT molecular complexity index is 1480. The highest BCUT2D eigenvalue weighted by Crippen LogP contribution is 2.30. The second-order valence-corrected chi connectivity index (χ2v) is 19.7. The van der Waals surface area contributed by atoms with Crippen molar-refractivity contribution in [3.8, 4) is 0 Å². The maximum atomic E-state index is 10.9. The van der Waals surface area contributed by atoms with E-state index in [1.807, 2.05) is 0 Å². The summed E-state index contributed by atoms with van der Waals surface area (Å²) in [7, 11) is 0. The maximum Gasteiger partial charge on any atom is 0.189 e. The van der Waals surface area contributed by atoms with Crippen molar-refractivity contribution in [1.29, 1.82) is 0 Å². The van der Waals surface area contributed by atoms with Gasteiger partial charge < -0.3 is 73.3 Å². The normalized spacial score (nSPS) is 25.7. The van der Waals surface area contributed by atoms with Crippen LogP contribution in [0.4, 0.5) is 0 Å². The minimum atomic E-state index is -1.78. The number of aliphatic hydroxyl groups excluding tert-OH is 6. The van der Waals surface area contributed by atoms with Crippen LogP contribution in [0.1, 0.15) is 130 Å². The van der Waals surface area contributed by atoms with E-state index >= 15 is 0 Å². The van der Waals surface area contributed by atoms with Gasteiger partial charge in [0.15, 0.2) is 12.6 Å². The molecular formula is C48H88N6O15. The fourth-order valence-corrected chi connectivity index (χ4v) is 7.99. The van der Waals surface area contributed by atoms with Crippen molar-refractivity contribution in [2.24, 2.45) is 10.8 Å². The monoisotopic (exact) mass is 989 g/mol. The summed E-state index contributed by atoms with van der Waals surface area (Å²) >= 11 is 0. The van der Waals surface area contributed by atoms with Crippen molar-refractivity contribution in [2.45, 2.75) is 206 Å². The second kappa shape index (κ2) is 32.0. The molecule has 0 spiro atoms. The molecule has 2 fully saturated rings. The van der Waals surface area contributed by atoms with Crippen LogP contribution in [0, 0.1) is 10.8 Å². The first-order valence-electron chi connectivity index (χ1n) is 25.5. The highest BCUT2D eigenvalue weighted by molar-refractivity contribution is 4.96. The molecule has 0 bridgehead atoms. The summed E-state index contributed by atoms with van der Waals surface area (Å²) in [6.45, 7) is 18.2. The van der Waals surface area contributed by atoms with Crippen LogP contribution < -0.4 is 0 Å². The largest absolute Gasteiger partial charge is 0.388 e. The Morgan fingerprint density at radius 1 is 0.464 bits per heavy atom. The van der Waals surface area contributed by atoms with E-state index < -0.39 is 61.4 Å². The first kappa shape index (κ1) is 59.2. The number of hydrogen-bond acceptors (Lipinski definition) is 19. The Balaban J connectivity index is 1.30. The van der Waals surface area contributed by atoms with Gasteiger partial charge in [0.25, 0.3) is 0 Å². The van der Waals surface area contributed by atoms with Gasteiger partial charge in [0.05, 0.1) is 78.3 Å². The molecule has 69 heavy (non-hydrogen) atoms. The Hall–Kier alpha value is -2.32. The maximum absolute atomic E-state index is 10.9. The van der Waals surface area contributed by atoms with E-state index in [0.717, 1.165) is 77.0 Å². The van der Waals surface area contributed by atoms with Crippen molar-refractivity contribution in [1.82, 2.24) is 30.0 Å². The fraction of sp³-hybridized carbons (Fsp3) is 0.917. The van der Waals surface area contributed by atoms with Gasteiger partial charge in [-0.05, 0) is 25.7 Å². The average Bonchev–Trinajstić information content (AvgIpc) is 3.99. The van der Waals surface area contributed by atoms with Gasteiger partial charge >= 0.3 is 0 Å². The molecule has 21 nitrogen and oxygen atoms in total. The Kier molecular flexibility index (Phi) is 27.5. The lowest BCUT2D eigenvalue weighted by Crippen LogP contribution is -2.63. The summed E-state index contributed by atoms with van der Waals surface area (Å²) in [5.41, 5.74) is 0.256. The third kappa shape index (κ3) is 20.6. The quantitative estimate of drug-likeness (QED) is 0.0528. The fourth-order valence-electron chi connectivity index (χ4n) is 7.99. The van der Waals surface area contributed by atoms with E-state index in [-0.39, 0.29) is 37.1 Å². The van der Waals surface area contributed by atoms with Gasteiger partial charge in [-0.25, -0.2) is 9.36 Å². The molecule has 0 amide bonds. The molecule has 0 aliphatic carbocycles. The molecule has 10 atom stereocenters. The van der Waals surface area contributed by atoms with Crippen molar-refractivity contribution in [3.63, 3.8) is 0 Å². The zero-order valence-electron chi connectivity index (χ0n) is 42.4. The predicted molar refractivity (Wildman–Crippen MR) is 251 cm³/mol. The number of rotatable bonds is 38. The van der Waals surface area contributed by atoms with Crippen molar-refractivity contribution in [2.75, 3.05) is 66.1 Å². The van der Waals surface area contributed by atoms with E-state index in [0.29, 0.717) is 77.5 Å². The van der Waals surface area contributed by atoms with Crippen LogP contribution in [0.3, 0.4) is 0 Å². The molecule has 2 aliphatic rings. The highest BCUT2D eigenvalue weighted by Gasteiger charge is 2.50. The van der Waals surface area contributed by atoms with Crippen LogP contribution in [0.25, 0.3) is 0 Å². The van der Waals surface area contributed by atoms with Crippen molar-refractivity contribution in [3.05, 3.63) is 23.8 Å². The van der Waals surface area contributed by atoms with E-state index in [9.17, 15) is 30.6 Å². The molecule has 2 aromatic rings. The van der Waals surface area contributed by atoms with E-state index in [4.69, 9.17) is 42.6 Å². The molecule has 4 heterocycles. The highest BCUT2D eigenvalue weighted by atomic mass is 16.8. The summed E-state index contributed by atoms with van der Waals surface area (Å²) in [4.78, 5) is 0. The second-order valence-electron chi connectivity index (χ2n) is 19.7. The van der Waals surface area contributed by atoms with Crippen LogP contribution in [0.5, 0.6) is 0 Å². The number of hydrogen-bond donors (Lipinski definition) is 6. The summed E-state index contributed by atoms with van der Waals surface area (Å²) in [6, 6.07) is 0. The van der Waals surface area contributed by atoms with Gasteiger partial charge in [0.2, 0.25) is 0 Å². The topological polar surface area (TPSA) is 266 Å². The molecule has 2 aromatic heterocycles. The Morgan fingerprint density at radius 3 is 1.10 bits per heavy atom. The zero-order valence-corrected chi connectivity index (χ0v) is 42.4. The summed E-state index contributed by atoms with van der Waals surface area (Å²) in [6.07, 6.45) is 0.340. The van der Waals surface area contributed by atoms with E-state index in [2.05, 4.69) is 62.2 Å². The van der Waals surface area contributed by atoms with Crippen LogP contribution in [-0.4, -0.2) is 188 Å². The predicted octanol–water partition coefficient (Wildman–Crippen LogP) is 3.07. The third-order valence-electron chi connectivity index (χ3n) is 12.3. The first-order chi connectivity index (χ1) is 33.2. The zero-order chi connectivity index (χ0) is 50.1. The number of nitrogens with zero attached hydrogens (tertiary/aromatic N) is 6. The van der Waals surface area contributed by atoms with Crippen molar-refractivity contribution < 1.29 is 73.3 Å². The first-order valence-corrected chi connectivity index (χ1v) is 25.5. The Morgan fingerprint density at radius 2 is 0.783 bits per heavy atom. The van der Waals surface area contributed by atoms with E-state index in [1.54, 1.807) is 12.4 Å². The van der Waals surface area contributed by atoms with Gasteiger partial charge in [-0.1, -0.05) is 103 Å². The smallest absolute Gasteiger partial charge is 0.189 e. The number of aromatic nitrogens is 6.